The van der Waals surface area contributed by atoms with Gasteiger partial charge in [-0.05, 0) is 43.7 Å². The predicted octanol–water partition coefficient (Wildman–Crippen LogP) is 3.11. The van der Waals surface area contributed by atoms with Gasteiger partial charge in [0, 0.05) is 24.3 Å². The first kappa shape index (κ1) is 13.5. The number of nitrogens with zero attached hydrogens (tertiary/aromatic N) is 3. The maximum absolute atomic E-state index is 4.84. The van der Waals surface area contributed by atoms with Crippen LogP contribution in [0.4, 0.5) is 0 Å². The molecule has 4 heteroatoms. The van der Waals surface area contributed by atoms with Gasteiger partial charge >= 0.3 is 0 Å². The van der Waals surface area contributed by atoms with E-state index in [0.717, 1.165) is 35.6 Å². The van der Waals surface area contributed by atoms with Crippen molar-refractivity contribution < 1.29 is 0 Å². The zero-order chi connectivity index (χ0) is 14.8. The molecule has 1 aliphatic heterocycles. The first-order valence-electron chi connectivity index (χ1n) is 8.03. The zero-order valence-corrected chi connectivity index (χ0v) is 12.6. The largest absolute Gasteiger partial charge is 0.314 e. The van der Waals surface area contributed by atoms with Gasteiger partial charge in [-0.15, -0.1) is 0 Å². The molecular formula is C18H20N4. The van der Waals surface area contributed by atoms with Crippen LogP contribution in [-0.2, 0) is 6.42 Å². The van der Waals surface area contributed by atoms with E-state index in [1.807, 2.05) is 24.4 Å². The molecule has 22 heavy (non-hydrogen) atoms. The molecule has 4 rings (SSSR count). The Morgan fingerprint density at radius 2 is 2.00 bits per heavy atom. The van der Waals surface area contributed by atoms with Gasteiger partial charge < -0.3 is 5.32 Å². The molecule has 1 unspecified atom stereocenters. The molecule has 1 N–H and O–H groups in total. The van der Waals surface area contributed by atoms with Gasteiger partial charge in [0.25, 0.3) is 0 Å². The van der Waals surface area contributed by atoms with Crippen LogP contribution in [0.2, 0.25) is 0 Å². The maximum Gasteiger partial charge on any atom is 0.164 e. The first-order chi connectivity index (χ1) is 10.9. The minimum atomic E-state index is 0.521. The van der Waals surface area contributed by atoms with Gasteiger partial charge in [0.1, 0.15) is 11.3 Å². The molecule has 2 aromatic heterocycles. The van der Waals surface area contributed by atoms with Crippen molar-refractivity contribution in [3.05, 3.63) is 54.5 Å². The van der Waals surface area contributed by atoms with Gasteiger partial charge in [-0.2, -0.15) is 0 Å². The molecule has 0 bridgehead atoms. The molecule has 0 aliphatic carbocycles. The summed E-state index contributed by atoms with van der Waals surface area (Å²) in [4.78, 5) is 9.39. The van der Waals surface area contributed by atoms with E-state index in [-0.39, 0.29) is 0 Å². The van der Waals surface area contributed by atoms with E-state index in [9.17, 15) is 0 Å². The van der Waals surface area contributed by atoms with Crippen LogP contribution in [0.3, 0.4) is 0 Å². The highest BCUT2D eigenvalue weighted by molar-refractivity contribution is 5.73. The zero-order valence-electron chi connectivity index (χ0n) is 12.6. The van der Waals surface area contributed by atoms with Crippen LogP contribution in [0.1, 0.15) is 25.1 Å². The van der Waals surface area contributed by atoms with Crippen LogP contribution < -0.4 is 5.32 Å². The maximum atomic E-state index is 4.84. The van der Waals surface area contributed by atoms with Crippen molar-refractivity contribution in [1.82, 2.24) is 19.9 Å². The Morgan fingerprint density at radius 1 is 1.09 bits per heavy atom. The topological polar surface area (TPSA) is 42.7 Å². The lowest BCUT2D eigenvalue weighted by Crippen LogP contribution is -2.36. The van der Waals surface area contributed by atoms with Gasteiger partial charge in [-0.25, -0.2) is 9.97 Å². The van der Waals surface area contributed by atoms with Gasteiger partial charge in [0.2, 0.25) is 0 Å². The highest BCUT2D eigenvalue weighted by Crippen LogP contribution is 2.22. The fraction of sp³-hybridized carbons (Fsp3) is 0.333. The molecule has 0 amide bonds. The summed E-state index contributed by atoms with van der Waals surface area (Å²) in [7, 11) is 0. The standard InChI is InChI=1S/C18H20N4/c1-2-8-15(9-3-1)22-17(13-14-7-4-5-11-19-14)21-16-10-6-12-20-18(16)22/h1-3,6,8-10,12,14,19H,4-5,7,11,13H2. The highest BCUT2D eigenvalue weighted by Gasteiger charge is 2.19. The molecule has 1 aromatic carbocycles. The minimum Gasteiger partial charge on any atom is -0.314 e. The number of fused-ring (bicyclic) bond motifs is 1. The summed E-state index contributed by atoms with van der Waals surface area (Å²) in [6.45, 7) is 1.12. The molecule has 3 heterocycles. The third-order valence-electron chi connectivity index (χ3n) is 4.34. The fourth-order valence-electron chi connectivity index (χ4n) is 3.26. The van der Waals surface area contributed by atoms with Gasteiger partial charge in [0.05, 0.1) is 0 Å². The summed E-state index contributed by atoms with van der Waals surface area (Å²) in [6, 6.07) is 14.9. The van der Waals surface area contributed by atoms with Gasteiger partial charge in [-0.1, -0.05) is 24.6 Å². The van der Waals surface area contributed by atoms with Crippen molar-refractivity contribution in [3.8, 4) is 5.69 Å². The van der Waals surface area contributed by atoms with Crippen LogP contribution in [0, 0.1) is 0 Å². The van der Waals surface area contributed by atoms with Crippen molar-refractivity contribution in [2.45, 2.75) is 31.7 Å². The molecule has 1 aliphatic rings. The van der Waals surface area contributed by atoms with Crippen molar-refractivity contribution in [1.29, 1.82) is 0 Å². The van der Waals surface area contributed by atoms with E-state index in [2.05, 4.69) is 39.1 Å². The van der Waals surface area contributed by atoms with Crippen LogP contribution in [0.5, 0.6) is 0 Å². The number of imidazole rings is 1. The second kappa shape index (κ2) is 5.89. The average molecular weight is 292 g/mol. The van der Waals surface area contributed by atoms with E-state index in [1.165, 1.54) is 19.3 Å². The average Bonchev–Trinajstić information content (AvgIpc) is 2.94. The smallest absolute Gasteiger partial charge is 0.164 e. The summed E-state index contributed by atoms with van der Waals surface area (Å²) >= 11 is 0. The van der Waals surface area contributed by atoms with E-state index < -0.39 is 0 Å². The van der Waals surface area contributed by atoms with Crippen molar-refractivity contribution in [3.63, 3.8) is 0 Å². The molecule has 1 fully saturated rings. The number of nitrogens with one attached hydrogen (secondary N) is 1. The van der Waals surface area contributed by atoms with Gasteiger partial charge in [-0.3, -0.25) is 4.57 Å². The number of hydrogen-bond donors (Lipinski definition) is 1. The molecule has 1 atom stereocenters. The molecular weight excluding hydrogens is 272 g/mol. The van der Waals surface area contributed by atoms with Crippen molar-refractivity contribution >= 4 is 11.2 Å². The monoisotopic (exact) mass is 292 g/mol. The molecule has 0 spiro atoms. The second-order valence-electron chi connectivity index (χ2n) is 5.90. The number of rotatable bonds is 3. The number of para-hydroxylation sites is 1. The molecule has 112 valence electrons. The lowest BCUT2D eigenvalue weighted by molar-refractivity contribution is 0.393. The summed E-state index contributed by atoms with van der Waals surface area (Å²) in [5.74, 6) is 1.10. The number of hydrogen-bond acceptors (Lipinski definition) is 3. The van der Waals surface area contributed by atoms with Crippen LogP contribution in [0.15, 0.2) is 48.7 Å². The number of benzene rings is 1. The quantitative estimate of drug-likeness (QED) is 0.806. The van der Waals surface area contributed by atoms with E-state index in [1.54, 1.807) is 0 Å². The Balaban J connectivity index is 1.79. The van der Waals surface area contributed by atoms with Gasteiger partial charge in [0.15, 0.2) is 5.65 Å². The predicted molar refractivity (Wildman–Crippen MR) is 88.2 cm³/mol. The summed E-state index contributed by atoms with van der Waals surface area (Å²) in [6.07, 6.45) is 6.61. The van der Waals surface area contributed by atoms with Crippen LogP contribution in [0.25, 0.3) is 16.9 Å². The lowest BCUT2D eigenvalue weighted by Gasteiger charge is -2.23. The van der Waals surface area contributed by atoms with E-state index in [4.69, 9.17) is 4.98 Å². The SMILES string of the molecule is c1ccc(-n2c(CC3CCCCN3)nc3cccnc32)cc1. The molecule has 0 radical (unpaired) electrons. The lowest BCUT2D eigenvalue weighted by atomic mass is 10.0. The van der Waals surface area contributed by atoms with Crippen LogP contribution in [-0.4, -0.2) is 27.1 Å². The summed E-state index contributed by atoms with van der Waals surface area (Å²) in [5, 5.41) is 3.62. The Morgan fingerprint density at radius 3 is 2.82 bits per heavy atom. The summed E-state index contributed by atoms with van der Waals surface area (Å²) < 4.78 is 2.20. The third-order valence-corrected chi connectivity index (χ3v) is 4.34. The fourth-order valence-corrected chi connectivity index (χ4v) is 3.26. The molecule has 3 aromatic rings. The number of aromatic nitrogens is 3. The Kier molecular flexibility index (Phi) is 3.60. The Labute approximate surface area is 130 Å². The number of piperidine rings is 1. The van der Waals surface area contributed by atoms with Crippen molar-refractivity contribution in [2.24, 2.45) is 0 Å². The Bertz CT molecular complexity index is 757. The molecule has 1 saturated heterocycles. The molecule has 0 saturated carbocycles. The third kappa shape index (κ3) is 2.50. The van der Waals surface area contributed by atoms with Crippen LogP contribution >= 0.6 is 0 Å². The van der Waals surface area contributed by atoms with Crippen molar-refractivity contribution in [2.75, 3.05) is 6.54 Å². The highest BCUT2D eigenvalue weighted by atomic mass is 15.1. The first-order valence-corrected chi connectivity index (χ1v) is 8.03. The normalized spacial score (nSPS) is 18.6. The van der Waals surface area contributed by atoms with E-state index in [0.29, 0.717) is 6.04 Å². The Hall–Kier alpha value is -2.20. The molecule has 4 nitrogen and oxygen atoms in total. The second-order valence-corrected chi connectivity index (χ2v) is 5.90. The minimum absolute atomic E-state index is 0.521. The summed E-state index contributed by atoms with van der Waals surface area (Å²) in [5.41, 5.74) is 3.05. The van der Waals surface area contributed by atoms with E-state index >= 15 is 0 Å². The number of pyridine rings is 1.